The summed E-state index contributed by atoms with van der Waals surface area (Å²) in [5.74, 6) is 0. The van der Waals surface area contributed by atoms with Crippen molar-refractivity contribution in [3.05, 3.63) is 84.4 Å². The lowest BCUT2D eigenvalue weighted by atomic mass is 10.2. The summed E-state index contributed by atoms with van der Waals surface area (Å²) in [4.78, 5) is 0. The van der Waals surface area contributed by atoms with Crippen LogP contribution in [0.3, 0.4) is 0 Å². The highest BCUT2D eigenvalue weighted by atomic mass is 31.2. The minimum Gasteiger partial charge on any atom is -0.398 e. The van der Waals surface area contributed by atoms with Gasteiger partial charge in [-0.05, 0) is 19.1 Å². The first kappa shape index (κ1) is 14.6. The highest BCUT2D eigenvalue weighted by Crippen LogP contribution is 2.44. The van der Waals surface area contributed by atoms with Crippen molar-refractivity contribution in [2.45, 2.75) is 6.92 Å². The number of anilines is 1. The van der Waals surface area contributed by atoms with Gasteiger partial charge in [-0.3, -0.25) is 0 Å². The monoisotopic (exact) mass is 307 g/mol. The standard InChI is InChI=1S/C19H18NOP/c1-15-12-13-18(20)19(14-15)22(21,16-8-4-2-5-9-16)17-10-6-3-7-11-17/h2-14H,20H2,1H3. The first-order valence-electron chi connectivity index (χ1n) is 7.20. The normalized spacial score (nSPS) is 11.3. The first-order chi connectivity index (χ1) is 10.6. The van der Waals surface area contributed by atoms with Gasteiger partial charge in [-0.25, -0.2) is 0 Å². The maximum Gasteiger partial charge on any atom is 0.173 e. The number of aryl methyl sites for hydroxylation is 1. The second-order valence-corrected chi connectivity index (χ2v) is 8.08. The van der Waals surface area contributed by atoms with Gasteiger partial charge in [0.05, 0.1) is 0 Å². The molecular formula is C19H18NOP. The van der Waals surface area contributed by atoms with Crippen molar-refractivity contribution < 1.29 is 4.57 Å². The molecule has 3 rings (SSSR count). The summed E-state index contributed by atoms with van der Waals surface area (Å²) >= 11 is 0. The fourth-order valence-corrected chi connectivity index (χ4v) is 5.49. The third-order valence-electron chi connectivity index (χ3n) is 3.76. The molecule has 2 N–H and O–H groups in total. The second kappa shape index (κ2) is 5.82. The summed E-state index contributed by atoms with van der Waals surface area (Å²) in [7, 11) is -2.97. The third kappa shape index (κ3) is 2.47. The van der Waals surface area contributed by atoms with E-state index in [1.807, 2.05) is 85.8 Å². The molecule has 0 bridgehead atoms. The Bertz CT molecular complexity index is 785. The van der Waals surface area contributed by atoms with E-state index >= 15 is 0 Å². The van der Waals surface area contributed by atoms with E-state index in [1.165, 1.54) is 0 Å². The van der Waals surface area contributed by atoms with Gasteiger partial charge in [-0.2, -0.15) is 0 Å². The number of nitrogen functional groups attached to an aromatic ring is 1. The Morgan fingerprint density at radius 1 is 0.773 bits per heavy atom. The van der Waals surface area contributed by atoms with Crippen molar-refractivity contribution in [3.63, 3.8) is 0 Å². The number of benzene rings is 3. The maximum absolute atomic E-state index is 14.1. The highest BCUT2D eigenvalue weighted by Gasteiger charge is 2.31. The van der Waals surface area contributed by atoms with Crippen LogP contribution in [0.25, 0.3) is 0 Å². The predicted molar refractivity (Wildman–Crippen MR) is 95.0 cm³/mol. The molecule has 0 aliphatic carbocycles. The number of hydrogen-bond acceptors (Lipinski definition) is 2. The summed E-state index contributed by atoms with van der Waals surface area (Å²) in [6.45, 7) is 1.99. The van der Waals surface area contributed by atoms with Gasteiger partial charge in [-0.15, -0.1) is 0 Å². The Labute approximate surface area is 131 Å². The second-order valence-electron chi connectivity index (χ2n) is 5.34. The molecule has 0 aromatic heterocycles. The van der Waals surface area contributed by atoms with Gasteiger partial charge in [0.1, 0.15) is 0 Å². The summed E-state index contributed by atoms with van der Waals surface area (Å²) in [5.41, 5.74) is 7.80. The molecule has 0 saturated carbocycles. The van der Waals surface area contributed by atoms with Crippen LogP contribution in [-0.2, 0) is 4.57 Å². The molecular weight excluding hydrogens is 289 g/mol. The van der Waals surface area contributed by atoms with Crippen LogP contribution < -0.4 is 21.6 Å². The van der Waals surface area contributed by atoms with E-state index in [2.05, 4.69) is 0 Å². The Morgan fingerprint density at radius 2 is 1.27 bits per heavy atom. The van der Waals surface area contributed by atoms with Crippen molar-refractivity contribution in [2.24, 2.45) is 0 Å². The molecule has 3 aromatic carbocycles. The van der Waals surface area contributed by atoms with E-state index in [1.54, 1.807) is 0 Å². The maximum atomic E-state index is 14.1. The van der Waals surface area contributed by atoms with Gasteiger partial charge in [0.15, 0.2) is 7.14 Å². The van der Waals surface area contributed by atoms with Gasteiger partial charge in [0.25, 0.3) is 0 Å². The average molecular weight is 307 g/mol. The molecule has 0 heterocycles. The third-order valence-corrected chi connectivity index (χ3v) is 6.88. The summed E-state index contributed by atoms with van der Waals surface area (Å²) in [6, 6.07) is 24.9. The van der Waals surface area contributed by atoms with Crippen molar-refractivity contribution in [1.82, 2.24) is 0 Å². The molecule has 0 atom stereocenters. The van der Waals surface area contributed by atoms with Crippen LogP contribution in [0.2, 0.25) is 0 Å². The van der Waals surface area contributed by atoms with E-state index in [-0.39, 0.29) is 0 Å². The molecule has 0 radical (unpaired) electrons. The van der Waals surface area contributed by atoms with E-state index in [9.17, 15) is 4.57 Å². The molecule has 0 aliphatic heterocycles. The minimum atomic E-state index is -2.97. The Balaban J connectivity index is 2.34. The smallest absolute Gasteiger partial charge is 0.173 e. The zero-order valence-electron chi connectivity index (χ0n) is 12.4. The molecule has 110 valence electrons. The first-order valence-corrected chi connectivity index (χ1v) is 8.91. The van der Waals surface area contributed by atoms with E-state index in [0.29, 0.717) is 11.0 Å². The predicted octanol–water partition coefficient (Wildman–Crippen LogP) is 3.22. The topological polar surface area (TPSA) is 43.1 Å². The minimum absolute atomic E-state index is 0.571. The summed E-state index contributed by atoms with van der Waals surface area (Å²) in [6.07, 6.45) is 0. The average Bonchev–Trinajstić information content (AvgIpc) is 2.58. The van der Waals surface area contributed by atoms with E-state index < -0.39 is 7.14 Å². The van der Waals surface area contributed by atoms with Crippen LogP contribution in [0.1, 0.15) is 5.56 Å². The molecule has 0 saturated heterocycles. The molecule has 0 spiro atoms. The van der Waals surface area contributed by atoms with Crippen LogP contribution in [0, 0.1) is 6.92 Å². The molecule has 22 heavy (non-hydrogen) atoms. The summed E-state index contributed by atoms with van der Waals surface area (Å²) < 4.78 is 14.1. The number of rotatable bonds is 3. The van der Waals surface area contributed by atoms with Gasteiger partial charge >= 0.3 is 0 Å². The van der Waals surface area contributed by atoms with Crippen molar-refractivity contribution in [3.8, 4) is 0 Å². The fourth-order valence-electron chi connectivity index (χ4n) is 2.63. The molecule has 0 fully saturated rings. The van der Waals surface area contributed by atoms with Crippen LogP contribution in [-0.4, -0.2) is 0 Å². The zero-order chi connectivity index (χ0) is 15.6. The number of nitrogens with two attached hydrogens (primary N) is 1. The lowest BCUT2D eigenvalue weighted by Gasteiger charge is -2.21. The van der Waals surface area contributed by atoms with Crippen LogP contribution in [0.4, 0.5) is 5.69 Å². The number of hydrogen-bond donors (Lipinski definition) is 1. The van der Waals surface area contributed by atoms with Gasteiger partial charge < -0.3 is 10.3 Å². The van der Waals surface area contributed by atoms with E-state index in [0.717, 1.165) is 16.2 Å². The molecule has 3 aromatic rings. The summed E-state index contributed by atoms with van der Waals surface area (Å²) in [5, 5.41) is 2.32. The van der Waals surface area contributed by atoms with Crippen molar-refractivity contribution >= 4 is 28.7 Å². The zero-order valence-corrected chi connectivity index (χ0v) is 13.3. The highest BCUT2D eigenvalue weighted by molar-refractivity contribution is 7.85. The Hall–Kier alpha value is -2.31. The van der Waals surface area contributed by atoms with Crippen molar-refractivity contribution in [2.75, 3.05) is 5.73 Å². The molecule has 3 heteroatoms. The SMILES string of the molecule is Cc1ccc(N)c(P(=O)(c2ccccc2)c2ccccc2)c1. The van der Waals surface area contributed by atoms with Gasteiger partial charge in [0.2, 0.25) is 0 Å². The Morgan fingerprint density at radius 3 is 1.77 bits per heavy atom. The lowest BCUT2D eigenvalue weighted by Crippen LogP contribution is -2.27. The quantitative estimate of drug-likeness (QED) is 0.596. The van der Waals surface area contributed by atoms with Gasteiger partial charge in [0, 0.05) is 21.6 Å². The van der Waals surface area contributed by atoms with Crippen LogP contribution in [0.5, 0.6) is 0 Å². The molecule has 0 amide bonds. The van der Waals surface area contributed by atoms with E-state index in [4.69, 9.17) is 5.73 Å². The Kier molecular flexibility index (Phi) is 3.87. The van der Waals surface area contributed by atoms with Crippen LogP contribution in [0.15, 0.2) is 78.9 Å². The molecule has 2 nitrogen and oxygen atoms in total. The fraction of sp³-hybridized carbons (Fsp3) is 0.0526. The van der Waals surface area contributed by atoms with Crippen molar-refractivity contribution in [1.29, 1.82) is 0 Å². The largest absolute Gasteiger partial charge is 0.398 e. The molecule has 0 unspecified atom stereocenters. The van der Waals surface area contributed by atoms with Crippen LogP contribution >= 0.6 is 7.14 Å². The lowest BCUT2D eigenvalue weighted by molar-refractivity contribution is 0.592. The molecule has 0 aliphatic rings. The van der Waals surface area contributed by atoms with Gasteiger partial charge in [-0.1, -0.05) is 72.3 Å².